The summed E-state index contributed by atoms with van der Waals surface area (Å²) in [6, 6.07) is 15.6. The molecular weight excluding hydrogens is 292 g/mol. The van der Waals surface area contributed by atoms with Gasteiger partial charge in [0.15, 0.2) is 0 Å². The highest BCUT2D eigenvalue weighted by atomic mass is 16.3. The molecule has 0 bridgehead atoms. The second kappa shape index (κ2) is 8.10. The van der Waals surface area contributed by atoms with Crippen molar-refractivity contribution < 1.29 is 14.7 Å². The lowest BCUT2D eigenvalue weighted by atomic mass is 10.1. The first kappa shape index (κ1) is 16.7. The molecule has 2 aromatic rings. The van der Waals surface area contributed by atoms with Crippen molar-refractivity contribution in [3.63, 3.8) is 0 Å². The number of aliphatic hydroxyl groups is 1. The van der Waals surface area contributed by atoms with E-state index < -0.39 is 6.10 Å². The van der Waals surface area contributed by atoms with Crippen molar-refractivity contribution in [3.05, 3.63) is 65.7 Å². The van der Waals surface area contributed by atoms with E-state index >= 15 is 0 Å². The van der Waals surface area contributed by atoms with Crippen LogP contribution in [0.25, 0.3) is 0 Å². The molecule has 0 saturated carbocycles. The summed E-state index contributed by atoms with van der Waals surface area (Å²) in [7, 11) is 0. The maximum Gasteiger partial charge on any atom is 0.255 e. The third-order valence-corrected chi connectivity index (χ3v) is 3.30. The SMILES string of the molecule is CC(O)CCNC(=O)c1ccccc1NC(=O)c1ccccc1. The Bertz CT molecular complexity index is 669. The molecule has 2 amide bonds. The zero-order chi connectivity index (χ0) is 16.7. The lowest BCUT2D eigenvalue weighted by Gasteiger charge is -2.12. The lowest BCUT2D eigenvalue weighted by molar-refractivity contribution is 0.0946. The molecule has 0 aromatic heterocycles. The number of para-hydroxylation sites is 1. The molecule has 3 N–H and O–H groups in total. The van der Waals surface area contributed by atoms with Crippen LogP contribution in [-0.2, 0) is 0 Å². The third kappa shape index (κ3) is 4.93. The summed E-state index contributed by atoms with van der Waals surface area (Å²) in [6.45, 7) is 2.04. The minimum atomic E-state index is -0.469. The molecule has 1 unspecified atom stereocenters. The van der Waals surface area contributed by atoms with Gasteiger partial charge >= 0.3 is 0 Å². The second-order valence-electron chi connectivity index (χ2n) is 5.26. The smallest absolute Gasteiger partial charge is 0.255 e. The molecule has 2 aromatic carbocycles. The van der Waals surface area contributed by atoms with Crippen LogP contribution in [0.2, 0.25) is 0 Å². The Morgan fingerprint density at radius 3 is 2.35 bits per heavy atom. The number of amides is 2. The first-order chi connectivity index (χ1) is 11.1. The first-order valence-corrected chi connectivity index (χ1v) is 7.49. The number of benzene rings is 2. The standard InChI is InChI=1S/C18H20N2O3/c1-13(21)11-12-19-18(23)15-9-5-6-10-16(15)20-17(22)14-7-3-2-4-8-14/h2-10,13,21H,11-12H2,1H3,(H,19,23)(H,20,22). The van der Waals surface area contributed by atoms with Crippen molar-refractivity contribution in [2.75, 3.05) is 11.9 Å². The molecule has 23 heavy (non-hydrogen) atoms. The molecule has 5 heteroatoms. The molecule has 0 aliphatic rings. The molecule has 0 saturated heterocycles. The van der Waals surface area contributed by atoms with E-state index in [4.69, 9.17) is 0 Å². The average Bonchev–Trinajstić information content (AvgIpc) is 2.55. The number of anilines is 1. The number of hydrogen-bond donors (Lipinski definition) is 3. The van der Waals surface area contributed by atoms with E-state index in [-0.39, 0.29) is 11.8 Å². The predicted molar refractivity (Wildman–Crippen MR) is 89.5 cm³/mol. The van der Waals surface area contributed by atoms with Gasteiger partial charge in [-0.3, -0.25) is 9.59 Å². The van der Waals surface area contributed by atoms with E-state index in [2.05, 4.69) is 10.6 Å². The summed E-state index contributed by atoms with van der Waals surface area (Å²) >= 11 is 0. The third-order valence-electron chi connectivity index (χ3n) is 3.30. The van der Waals surface area contributed by atoms with Crippen molar-refractivity contribution in [1.29, 1.82) is 0 Å². The van der Waals surface area contributed by atoms with Crippen LogP contribution >= 0.6 is 0 Å². The van der Waals surface area contributed by atoms with Gasteiger partial charge in [-0.25, -0.2) is 0 Å². The summed E-state index contributed by atoms with van der Waals surface area (Å²) in [6.07, 6.45) is 0.00733. The Morgan fingerprint density at radius 2 is 1.65 bits per heavy atom. The first-order valence-electron chi connectivity index (χ1n) is 7.49. The molecule has 5 nitrogen and oxygen atoms in total. The average molecular weight is 312 g/mol. The van der Waals surface area contributed by atoms with Crippen molar-refractivity contribution in [2.24, 2.45) is 0 Å². The summed E-state index contributed by atoms with van der Waals surface area (Å²) in [5, 5.41) is 14.7. The largest absolute Gasteiger partial charge is 0.393 e. The van der Waals surface area contributed by atoms with Gasteiger partial charge in [-0.05, 0) is 37.6 Å². The van der Waals surface area contributed by atoms with Crippen molar-refractivity contribution in [2.45, 2.75) is 19.4 Å². The molecule has 0 aliphatic carbocycles. The van der Waals surface area contributed by atoms with Crippen molar-refractivity contribution in [1.82, 2.24) is 5.32 Å². The van der Waals surface area contributed by atoms with E-state index in [0.717, 1.165) is 0 Å². The Morgan fingerprint density at radius 1 is 1.00 bits per heavy atom. The normalized spacial score (nSPS) is 11.6. The summed E-state index contributed by atoms with van der Waals surface area (Å²) < 4.78 is 0. The van der Waals surface area contributed by atoms with Crippen LogP contribution in [-0.4, -0.2) is 29.6 Å². The van der Waals surface area contributed by atoms with E-state index in [1.165, 1.54) is 0 Å². The lowest BCUT2D eigenvalue weighted by Crippen LogP contribution is -2.27. The van der Waals surface area contributed by atoms with Gasteiger partial charge in [-0.15, -0.1) is 0 Å². The van der Waals surface area contributed by atoms with Gasteiger partial charge in [0.1, 0.15) is 0 Å². The topological polar surface area (TPSA) is 78.4 Å². The summed E-state index contributed by atoms with van der Waals surface area (Å²) in [5.41, 5.74) is 1.37. The zero-order valence-corrected chi connectivity index (χ0v) is 13.0. The highest BCUT2D eigenvalue weighted by Crippen LogP contribution is 2.16. The fourth-order valence-corrected chi connectivity index (χ4v) is 2.06. The fraction of sp³-hybridized carbons (Fsp3) is 0.222. The van der Waals surface area contributed by atoms with E-state index in [1.807, 2.05) is 6.07 Å². The van der Waals surface area contributed by atoms with Gasteiger partial charge in [0.2, 0.25) is 0 Å². The van der Waals surface area contributed by atoms with E-state index in [0.29, 0.717) is 29.8 Å². The minimum Gasteiger partial charge on any atom is -0.393 e. The molecule has 1 atom stereocenters. The predicted octanol–water partition coefficient (Wildman–Crippen LogP) is 2.44. The summed E-state index contributed by atoms with van der Waals surface area (Å²) in [4.78, 5) is 24.4. The molecule has 0 heterocycles. The van der Waals surface area contributed by atoms with Crippen LogP contribution in [0.1, 0.15) is 34.1 Å². The van der Waals surface area contributed by atoms with E-state index in [1.54, 1.807) is 55.5 Å². The minimum absolute atomic E-state index is 0.269. The Hall–Kier alpha value is -2.66. The van der Waals surface area contributed by atoms with Gasteiger partial charge in [0.05, 0.1) is 17.4 Å². The Balaban J connectivity index is 2.08. The Kier molecular flexibility index (Phi) is 5.88. The number of aliphatic hydroxyl groups excluding tert-OH is 1. The van der Waals surface area contributed by atoms with Crippen molar-refractivity contribution in [3.8, 4) is 0 Å². The zero-order valence-electron chi connectivity index (χ0n) is 13.0. The molecule has 0 aliphatic heterocycles. The number of nitrogens with one attached hydrogen (secondary N) is 2. The van der Waals surface area contributed by atoms with E-state index in [9.17, 15) is 14.7 Å². The molecule has 0 fully saturated rings. The van der Waals surface area contributed by atoms with Gasteiger partial charge in [0.25, 0.3) is 11.8 Å². The highest BCUT2D eigenvalue weighted by molar-refractivity contribution is 6.08. The molecule has 2 rings (SSSR count). The van der Waals surface area contributed by atoms with Crippen LogP contribution in [0.4, 0.5) is 5.69 Å². The second-order valence-corrected chi connectivity index (χ2v) is 5.26. The van der Waals surface area contributed by atoms with Crippen LogP contribution in [0.5, 0.6) is 0 Å². The molecule has 0 radical (unpaired) electrons. The Labute approximate surface area is 135 Å². The molecular formula is C18H20N2O3. The van der Waals surface area contributed by atoms with Gasteiger partial charge in [-0.2, -0.15) is 0 Å². The number of hydrogen-bond acceptors (Lipinski definition) is 3. The quantitative estimate of drug-likeness (QED) is 0.766. The summed E-state index contributed by atoms with van der Waals surface area (Å²) in [5.74, 6) is -0.551. The van der Waals surface area contributed by atoms with Crippen LogP contribution in [0.15, 0.2) is 54.6 Å². The van der Waals surface area contributed by atoms with Gasteiger partial charge < -0.3 is 15.7 Å². The van der Waals surface area contributed by atoms with Crippen LogP contribution < -0.4 is 10.6 Å². The van der Waals surface area contributed by atoms with Crippen LogP contribution in [0.3, 0.4) is 0 Å². The monoisotopic (exact) mass is 312 g/mol. The van der Waals surface area contributed by atoms with Crippen LogP contribution in [0, 0.1) is 0 Å². The highest BCUT2D eigenvalue weighted by Gasteiger charge is 2.13. The number of carbonyl (C=O) groups excluding carboxylic acids is 2. The van der Waals surface area contributed by atoms with Crippen molar-refractivity contribution >= 4 is 17.5 Å². The molecule has 120 valence electrons. The molecule has 0 spiro atoms. The van der Waals surface area contributed by atoms with Gasteiger partial charge in [0, 0.05) is 12.1 Å². The number of carbonyl (C=O) groups is 2. The maximum absolute atomic E-state index is 12.2. The van der Waals surface area contributed by atoms with Gasteiger partial charge in [-0.1, -0.05) is 30.3 Å². The maximum atomic E-state index is 12.2. The fourth-order valence-electron chi connectivity index (χ4n) is 2.06. The number of rotatable bonds is 6.